The topological polar surface area (TPSA) is 20.3 Å². The molecule has 0 bridgehead atoms. The van der Waals surface area contributed by atoms with Crippen molar-refractivity contribution in [2.75, 3.05) is 11.4 Å². The third kappa shape index (κ3) is 3.66. The molecule has 0 aliphatic rings. The fourth-order valence-electron chi connectivity index (χ4n) is 2.09. The van der Waals surface area contributed by atoms with Gasteiger partial charge in [0.1, 0.15) is 11.6 Å². The smallest absolute Gasteiger partial charge is 0.258 e. The Bertz CT molecular complexity index is 626. The van der Waals surface area contributed by atoms with Gasteiger partial charge in [-0.05, 0) is 30.2 Å². The van der Waals surface area contributed by atoms with Gasteiger partial charge in [-0.15, -0.1) is 0 Å². The average Bonchev–Trinajstić information content (AvgIpc) is 2.45. The first-order valence-electron chi connectivity index (χ1n) is 6.81. The van der Waals surface area contributed by atoms with E-state index in [-0.39, 0.29) is 17.5 Å². The Morgan fingerprint density at radius 2 is 1.76 bits per heavy atom. The molecule has 0 aliphatic heterocycles. The molecule has 0 saturated heterocycles. The van der Waals surface area contributed by atoms with Crippen molar-refractivity contribution in [1.82, 2.24) is 0 Å². The molecule has 2 rings (SSSR count). The Kier molecular flexibility index (Phi) is 4.68. The lowest BCUT2D eigenvalue weighted by molar-refractivity contribution is 0.0983. The van der Waals surface area contributed by atoms with Gasteiger partial charge in [0.25, 0.3) is 5.91 Å². The second-order valence-corrected chi connectivity index (χ2v) is 5.27. The Balaban J connectivity index is 2.41. The normalized spacial score (nSPS) is 10.7. The van der Waals surface area contributed by atoms with Crippen LogP contribution in [0.4, 0.5) is 14.5 Å². The minimum atomic E-state index is -0.736. The summed E-state index contributed by atoms with van der Waals surface area (Å²) in [7, 11) is 0. The Labute approximate surface area is 123 Å². The molecule has 0 aliphatic carbocycles. The van der Waals surface area contributed by atoms with Crippen molar-refractivity contribution in [3.8, 4) is 0 Å². The number of hydrogen-bond donors (Lipinski definition) is 0. The van der Waals surface area contributed by atoms with Gasteiger partial charge in [-0.1, -0.05) is 32.0 Å². The lowest BCUT2D eigenvalue weighted by atomic mass is 10.1. The van der Waals surface area contributed by atoms with Gasteiger partial charge in [0, 0.05) is 18.2 Å². The highest BCUT2D eigenvalue weighted by Gasteiger charge is 2.21. The zero-order valence-corrected chi connectivity index (χ0v) is 12.0. The van der Waals surface area contributed by atoms with E-state index in [1.165, 1.54) is 11.0 Å². The van der Waals surface area contributed by atoms with E-state index in [1.54, 1.807) is 24.3 Å². The molecule has 1 amide bonds. The molecule has 0 spiro atoms. The van der Waals surface area contributed by atoms with Crippen LogP contribution in [0, 0.1) is 17.6 Å². The lowest BCUT2D eigenvalue weighted by Crippen LogP contribution is -2.35. The minimum absolute atomic E-state index is 0.0963. The van der Waals surface area contributed by atoms with E-state index in [0.29, 0.717) is 12.1 Å². The summed E-state index contributed by atoms with van der Waals surface area (Å²) in [6, 6.07) is 11.9. The van der Waals surface area contributed by atoms with Crippen molar-refractivity contribution in [1.29, 1.82) is 0 Å². The molecule has 0 N–H and O–H groups in total. The number of nitrogens with zero attached hydrogens (tertiary/aromatic N) is 1. The monoisotopic (exact) mass is 289 g/mol. The summed E-state index contributed by atoms with van der Waals surface area (Å²) in [6.07, 6.45) is 0. The van der Waals surface area contributed by atoms with Gasteiger partial charge in [-0.3, -0.25) is 4.79 Å². The second kappa shape index (κ2) is 6.48. The first kappa shape index (κ1) is 15.2. The summed E-state index contributed by atoms with van der Waals surface area (Å²) in [5.41, 5.74) is 0.570. The summed E-state index contributed by atoms with van der Waals surface area (Å²) >= 11 is 0. The number of halogens is 2. The first-order valence-corrected chi connectivity index (χ1v) is 6.81. The molecule has 0 unspecified atom stereocenters. The highest BCUT2D eigenvalue weighted by atomic mass is 19.1. The molecule has 2 nitrogen and oxygen atoms in total. The molecule has 0 atom stereocenters. The van der Waals surface area contributed by atoms with Crippen molar-refractivity contribution in [3.63, 3.8) is 0 Å². The van der Waals surface area contributed by atoms with E-state index >= 15 is 0 Å². The van der Waals surface area contributed by atoms with E-state index in [2.05, 4.69) is 0 Å². The molecular weight excluding hydrogens is 272 g/mol. The van der Waals surface area contributed by atoms with Crippen LogP contribution < -0.4 is 4.90 Å². The number of anilines is 1. The second-order valence-electron chi connectivity index (χ2n) is 5.27. The van der Waals surface area contributed by atoms with Crippen LogP contribution in [-0.4, -0.2) is 12.5 Å². The van der Waals surface area contributed by atoms with Crippen molar-refractivity contribution in [3.05, 3.63) is 65.7 Å². The molecule has 4 heteroatoms. The molecule has 0 heterocycles. The predicted molar refractivity (Wildman–Crippen MR) is 79.3 cm³/mol. The molecule has 0 saturated carbocycles. The number of amides is 1. The van der Waals surface area contributed by atoms with E-state index in [1.807, 2.05) is 19.9 Å². The van der Waals surface area contributed by atoms with Gasteiger partial charge in [0.15, 0.2) is 0 Å². The molecule has 0 fully saturated rings. The van der Waals surface area contributed by atoms with Crippen molar-refractivity contribution in [2.24, 2.45) is 5.92 Å². The number of benzene rings is 2. The van der Waals surface area contributed by atoms with Gasteiger partial charge < -0.3 is 4.90 Å². The maximum Gasteiger partial charge on any atom is 0.258 e. The van der Waals surface area contributed by atoms with Crippen LogP contribution in [-0.2, 0) is 0 Å². The molecule has 2 aromatic carbocycles. The summed E-state index contributed by atoms with van der Waals surface area (Å²) in [4.78, 5) is 13.9. The van der Waals surface area contributed by atoms with Crippen LogP contribution in [0.3, 0.4) is 0 Å². The fourth-order valence-corrected chi connectivity index (χ4v) is 2.09. The zero-order chi connectivity index (χ0) is 15.4. The molecule has 21 heavy (non-hydrogen) atoms. The maximum atomic E-state index is 14.0. The van der Waals surface area contributed by atoms with Gasteiger partial charge in [0.2, 0.25) is 0 Å². The standard InChI is InChI=1S/C17H17F2NO/c1-12(2)11-20(16-9-8-14(18)10-15(16)19)17(21)13-6-4-3-5-7-13/h3-10,12H,11H2,1-2H3. The van der Waals surface area contributed by atoms with Crippen LogP contribution in [0.1, 0.15) is 24.2 Å². The molecular formula is C17H17F2NO. The number of carbonyl (C=O) groups excluding carboxylic acids is 1. The fraction of sp³-hybridized carbons (Fsp3) is 0.235. The Hall–Kier alpha value is -2.23. The van der Waals surface area contributed by atoms with Crippen LogP contribution in [0.5, 0.6) is 0 Å². The third-order valence-corrected chi connectivity index (χ3v) is 3.01. The van der Waals surface area contributed by atoms with E-state index < -0.39 is 11.6 Å². The van der Waals surface area contributed by atoms with Crippen molar-refractivity contribution >= 4 is 11.6 Å². The van der Waals surface area contributed by atoms with Gasteiger partial charge >= 0.3 is 0 Å². The van der Waals surface area contributed by atoms with Gasteiger partial charge in [0.05, 0.1) is 5.69 Å². The molecule has 2 aromatic rings. The van der Waals surface area contributed by atoms with Crippen LogP contribution in [0.25, 0.3) is 0 Å². The summed E-state index contributed by atoms with van der Waals surface area (Å²) in [6.45, 7) is 4.23. The quantitative estimate of drug-likeness (QED) is 0.823. The zero-order valence-electron chi connectivity index (χ0n) is 12.0. The van der Waals surface area contributed by atoms with Gasteiger partial charge in [-0.2, -0.15) is 0 Å². The Morgan fingerprint density at radius 1 is 1.10 bits per heavy atom. The maximum absolute atomic E-state index is 14.0. The highest BCUT2D eigenvalue weighted by molar-refractivity contribution is 6.06. The molecule has 110 valence electrons. The lowest BCUT2D eigenvalue weighted by Gasteiger charge is -2.25. The van der Waals surface area contributed by atoms with Gasteiger partial charge in [-0.25, -0.2) is 8.78 Å². The summed E-state index contributed by atoms with van der Waals surface area (Å²) in [5.74, 6) is -1.54. The molecule has 0 aromatic heterocycles. The third-order valence-electron chi connectivity index (χ3n) is 3.01. The predicted octanol–water partition coefficient (Wildman–Crippen LogP) is 4.27. The summed E-state index contributed by atoms with van der Waals surface area (Å²) in [5, 5.41) is 0. The average molecular weight is 289 g/mol. The number of carbonyl (C=O) groups is 1. The minimum Gasteiger partial charge on any atom is -0.305 e. The summed E-state index contributed by atoms with van der Waals surface area (Å²) < 4.78 is 27.0. The first-order chi connectivity index (χ1) is 9.99. The van der Waals surface area contributed by atoms with Crippen LogP contribution >= 0.6 is 0 Å². The van der Waals surface area contributed by atoms with Crippen LogP contribution in [0.15, 0.2) is 48.5 Å². The molecule has 0 radical (unpaired) electrons. The van der Waals surface area contributed by atoms with E-state index in [9.17, 15) is 13.6 Å². The number of hydrogen-bond acceptors (Lipinski definition) is 1. The van der Waals surface area contributed by atoms with Crippen LogP contribution in [0.2, 0.25) is 0 Å². The van der Waals surface area contributed by atoms with Crippen molar-refractivity contribution in [2.45, 2.75) is 13.8 Å². The number of rotatable bonds is 4. The van der Waals surface area contributed by atoms with E-state index in [0.717, 1.165) is 12.1 Å². The highest BCUT2D eigenvalue weighted by Crippen LogP contribution is 2.23. The largest absolute Gasteiger partial charge is 0.305 e. The van der Waals surface area contributed by atoms with Crippen molar-refractivity contribution < 1.29 is 13.6 Å². The SMILES string of the molecule is CC(C)CN(C(=O)c1ccccc1)c1ccc(F)cc1F. The Morgan fingerprint density at radius 3 is 2.33 bits per heavy atom. The van der Waals surface area contributed by atoms with E-state index in [4.69, 9.17) is 0 Å².